The van der Waals surface area contributed by atoms with Crippen LogP contribution in [0.2, 0.25) is 0 Å². The van der Waals surface area contributed by atoms with Crippen molar-refractivity contribution in [3.63, 3.8) is 0 Å². The number of allylic oxidation sites excluding steroid dienone is 2. The molecule has 11 heteroatoms. The first-order valence-corrected chi connectivity index (χ1v) is 12.8. The zero-order valence-corrected chi connectivity index (χ0v) is 25.2. The molecule has 0 bridgehead atoms. The number of nitrogens with one attached hydrogen (secondary N) is 1. The molecular weight excluding hydrogens is 579 g/mol. The average Bonchev–Trinajstić information content (AvgIpc) is 3.66. The van der Waals surface area contributed by atoms with Crippen molar-refractivity contribution in [3.05, 3.63) is 65.9 Å². The van der Waals surface area contributed by atoms with Crippen molar-refractivity contribution in [1.82, 2.24) is 14.7 Å². The molecule has 1 aromatic heterocycles. The Balaban J connectivity index is 0.000000369. The molecule has 1 heterocycles. The van der Waals surface area contributed by atoms with Crippen LogP contribution >= 0.6 is 12.3 Å². The molecule has 3 N–H and O–H groups in total. The van der Waals surface area contributed by atoms with Gasteiger partial charge in [0.2, 0.25) is 5.92 Å². The molecule has 2 aliphatic rings. The van der Waals surface area contributed by atoms with Gasteiger partial charge in [-0.15, -0.1) is 3.89 Å². The van der Waals surface area contributed by atoms with E-state index in [2.05, 4.69) is 23.8 Å². The van der Waals surface area contributed by atoms with E-state index in [1.54, 1.807) is 12.8 Å². The predicted octanol–water partition coefficient (Wildman–Crippen LogP) is 7.12. The van der Waals surface area contributed by atoms with E-state index in [0.29, 0.717) is 41.1 Å². The number of aromatic nitrogens is 1. The molecule has 5 nitrogen and oxygen atoms in total. The molecule has 0 radical (unpaired) electrons. The number of rotatable bonds is 11. The summed E-state index contributed by atoms with van der Waals surface area (Å²) in [5.41, 5.74) is 1.67. The summed E-state index contributed by atoms with van der Waals surface area (Å²) >= 11 is -0.293. The van der Waals surface area contributed by atoms with Gasteiger partial charge < -0.3 is 23.6 Å². The quantitative estimate of drug-likeness (QED) is 0.0693. The normalized spacial score (nSPS) is 20.6. The van der Waals surface area contributed by atoms with Crippen LogP contribution in [-0.2, 0) is 32.7 Å². The van der Waals surface area contributed by atoms with E-state index in [9.17, 15) is 17.1 Å². The third kappa shape index (κ3) is 11.4. The monoisotopic (exact) mass is 615 g/mol. The number of nitrogens with zero attached hydrogens (tertiary/aromatic N) is 3. The maximum absolute atomic E-state index is 13.4. The van der Waals surface area contributed by atoms with Crippen LogP contribution in [-0.4, -0.2) is 27.6 Å². The molecule has 0 amide bonds. The summed E-state index contributed by atoms with van der Waals surface area (Å²) in [6.45, 7) is 10.9. The molecule has 2 saturated carbocycles. The van der Waals surface area contributed by atoms with Gasteiger partial charge in [0.25, 0.3) is 0 Å². The number of halogens is 4. The Hall–Kier alpha value is -0.966. The van der Waals surface area contributed by atoms with Crippen molar-refractivity contribution in [2.45, 2.75) is 77.2 Å². The molecule has 1 unspecified atom stereocenters. The maximum atomic E-state index is 13.4. The van der Waals surface area contributed by atoms with Gasteiger partial charge >= 0.3 is 32.7 Å². The van der Waals surface area contributed by atoms with Gasteiger partial charge in [0.15, 0.2) is 18.2 Å². The van der Waals surface area contributed by atoms with Crippen LogP contribution in [0.1, 0.15) is 69.5 Å². The smallest absolute Gasteiger partial charge is 0.811 e. The summed E-state index contributed by atoms with van der Waals surface area (Å²) < 4.78 is 52.9. The second-order valence-electron chi connectivity index (χ2n) is 9.52. The van der Waals surface area contributed by atoms with Gasteiger partial charge in [-0.3, -0.25) is 4.98 Å². The molecule has 3 rings (SSSR count). The molecule has 37 heavy (non-hydrogen) atoms. The largest absolute Gasteiger partial charge is 3.00 e. The van der Waals surface area contributed by atoms with Crippen molar-refractivity contribution < 1.29 is 49.8 Å². The summed E-state index contributed by atoms with van der Waals surface area (Å²) in [5, 5.41) is 12.1. The molecule has 0 spiro atoms. The first-order valence-electron chi connectivity index (χ1n) is 12.1. The summed E-state index contributed by atoms with van der Waals surface area (Å²) in [7, 11) is 0. The van der Waals surface area contributed by atoms with Crippen LogP contribution in [0, 0.1) is 37.4 Å². The molecule has 2 aliphatic carbocycles. The van der Waals surface area contributed by atoms with Crippen molar-refractivity contribution in [3.8, 4) is 0 Å². The van der Waals surface area contributed by atoms with E-state index < -0.39 is 17.7 Å². The van der Waals surface area contributed by atoms with Gasteiger partial charge in [0.05, 0.1) is 11.9 Å². The van der Waals surface area contributed by atoms with Gasteiger partial charge in [-0.1, -0.05) is 18.6 Å². The van der Waals surface area contributed by atoms with E-state index in [4.69, 9.17) is 11.3 Å². The van der Waals surface area contributed by atoms with Gasteiger partial charge in [-0.2, -0.15) is 19.1 Å². The maximum Gasteiger partial charge on any atom is 3.00 e. The average molecular weight is 616 g/mol. The second kappa shape index (κ2) is 16.2. The third-order valence-corrected chi connectivity index (χ3v) is 6.97. The number of hydrazine groups is 1. The van der Waals surface area contributed by atoms with Gasteiger partial charge in [0.1, 0.15) is 0 Å². The van der Waals surface area contributed by atoms with Crippen molar-refractivity contribution in [1.29, 1.82) is 0 Å². The molecule has 1 aromatic rings. The topological polar surface area (TPSA) is 76.5 Å². The summed E-state index contributed by atoms with van der Waals surface area (Å²) in [6, 6.07) is 1.72. The van der Waals surface area contributed by atoms with E-state index in [-0.39, 0.29) is 56.3 Å². The van der Waals surface area contributed by atoms with Crippen molar-refractivity contribution in [2.24, 2.45) is 17.7 Å². The predicted molar refractivity (Wildman–Crippen MR) is 140 cm³/mol. The van der Waals surface area contributed by atoms with Gasteiger partial charge in [0, 0.05) is 28.9 Å². The minimum atomic E-state index is -2.53. The first-order chi connectivity index (χ1) is 17.0. The van der Waals surface area contributed by atoms with Crippen molar-refractivity contribution in [2.75, 3.05) is 0 Å². The molecule has 0 aliphatic heterocycles. The number of nitrogens with two attached hydrogens (primary N) is 1. The SMILES string of the molecule is C=C(NC1CCC(C(C)(F)F)CC1)C(C[CH2-])C[C-]1CC1.Cc1cc(/C(=C/C=[N-])N(N)SF)c(F)cn1.[Y+3]. The second-order valence-corrected chi connectivity index (χ2v) is 10.0. The Morgan fingerprint density at radius 3 is 2.51 bits per heavy atom. The zero-order chi connectivity index (χ0) is 26.9. The number of pyridine rings is 1. The third-order valence-electron chi connectivity index (χ3n) is 6.63. The van der Waals surface area contributed by atoms with Crippen LogP contribution in [0.5, 0.6) is 0 Å². The Kier molecular flexibility index (Phi) is 14.9. The minimum absolute atomic E-state index is 0. The van der Waals surface area contributed by atoms with E-state index in [1.807, 2.05) is 0 Å². The van der Waals surface area contributed by atoms with Crippen molar-refractivity contribution >= 4 is 24.2 Å². The Morgan fingerprint density at radius 1 is 1.41 bits per heavy atom. The van der Waals surface area contributed by atoms with Crippen LogP contribution < -0.4 is 11.2 Å². The summed E-state index contributed by atoms with van der Waals surface area (Å²) in [5.74, 6) is 3.70. The van der Waals surface area contributed by atoms with Crippen LogP contribution in [0.4, 0.5) is 17.1 Å². The molecule has 202 valence electrons. The minimum Gasteiger partial charge on any atom is -0.811 e. The number of aryl methyl sites for hydroxylation is 1. The number of hydrogen-bond donors (Lipinski definition) is 2. The summed E-state index contributed by atoms with van der Waals surface area (Å²) in [6.07, 6.45) is 10.1. The van der Waals surface area contributed by atoms with E-state index in [0.717, 1.165) is 50.6 Å². The Bertz CT molecular complexity index is 899. The first kappa shape index (κ1) is 34.1. The molecular formula is C26H36F4N5SY. The molecule has 0 saturated heterocycles. The fraction of sp³-hybridized carbons (Fsp3) is 0.538. The standard InChI is InChI=1S/C17H27F2N.C9H9F2N4S.Y/c1-4-14(11-13-5-6-13)12(2)20-16-9-7-15(8-10-16)17(3,18)19;1-6-4-7(8(10)5-14-6)9(2-3-12)15(13)16-11;/h14-16,20H,1-2,4-11H2,3H3;2-5H,13H2,1H3;/q-2;-1;+3/b;9-2-;. The number of hydrogen-bond acceptors (Lipinski definition) is 5. The zero-order valence-electron chi connectivity index (χ0n) is 21.5. The van der Waals surface area contributed by atoms with Gasteiger partial charge in [-0.05, 0) is 45.6 Å². The Morgan fingerprint density at radius 2 is 2.03 bits per heavy atom. The molecule has 2 fully saturated rings. The fourth-order valence-corrected chi connectivity index (χ4v) is 4.53. The van der Waals surface area contributed by atoms with Crippen LogP contribution in [0.25, 0.3) is 11.1 Å². The van der Waals surface area contributed by atoms with Gasteiger partial charge in [-0.25, -0.2) is 36.3 Å². The van der Waals surface area contributed by atoms with Crippen LogP contribution in [0.3, 0.4) is 0 Å². The van der Waals surface area contributed by atoms with E-state index >= 15 is 0 Å². The molecule has 0 aromatic carbocycles. The number of alkyl halides is 2. The Labute approximate surface area is 248 Å². The fourth-order valence-electron chi connectivity index (χ4n) is 4.29. The van der Waals surface area contributed by atoms with E-state index in [1.165, 1.54) is 18.9 Å². The molecule has 1 atom stereocenters. The van der Waals surface area contributed by atoms with Crippen LogP contribution in [0.15, 0.2) is 30.6 Å². The summed E-state index contributed by atoms with van der Waals surface area (Å²) in [4.78, 5) is 3.73.